The lowest BCUT2D eigenvalue weighted by Gasteiger charge is -2.36. The first kappa shape index (κ1) is 21.8. The van der Waals surface area contributed by atoms with Gasteiger partial charge in [-0.1, -0.05) is 17.7 Å². The molecule has 30 heavy (non-hydrogen) atoms. The molecule has 7 nitrogen and oxygen atoms in total. The maximum Gasteiger partial charge on any atom is 0.416 e. The van der Waals surface area contributed by atoms with E-state index >= 15 is 0 Å². The molecule has 11 heteroatoms. The molecule has 1 saturated heterocycles. The van der Waals surface area contributed by atoms with Crippen molar-refractivity contribution in [1.29, 1.82) is 0 Å². The van der Waals surface area contributed by atoms with Crippen LogP contribution in [0.2, 0.25) is 5.02 Å². The molecule has 0 bridgehead atoms. The van der Waals surface area contributed by atoms with E-state index in [1.54, 1.807) is 6.07 Å². The van der Waals surface area contributed by atoms with Gasteiger partial charge in [0.05, 0.1) is 27.7 Å². The first-order valence-corrected chi connectivity index (χ1v) is 9.39. The van der Waals surface area contributed by atoms with E-state index in [0.717, 1.165) is 12.1 Å². The topological polar surface area (TPSA) is 78.7 Å². The number of piperazine rings is 1. The number of benzene rings is 2. The summed E-state index contributed by atoms with van der Waals surface area (Å²) in [4.78, 5) is 26.3. The van der Waals surface area contributed by atoms with E-state index in [1.165, 1.54) is 24.3 Å². The number of non-ortho nitro benzene ring substituents is 1. The number of nitro groups is 1. The molecule has 1 fully saturated rings. The van der Waals surface area contributed by atoms with Crippen LogP contribution in [0.3, 0.4) is 0 Å². The van der Waals surface area contributed by atoms with Crippen LogP contribution in [0.15, 0.2) is 42.5 Å². The largest absolute Gasteiger partial charge is 0.416 e. The van der Waals surface area contributed by atoms with Gasteiger partial charge in [-0.3, -0.25) is 19.8 Å². The monoisotopic (exact) mass is 442 g/mol. The zero-order valence-electron chi connectivity index (χ0n) is 15.7. The van der Waals surface area contributed by atoms with Crippen molar-refractivity contribution >= 4 is 34.6 Å². The highest BCUT2D eigenvalue weighted by Crippen LogP contribution is 2.32. The molecule has 0 spiro atoms. The van der Waals surface area contributed by atoms with Gasteiger partial charge in [-0.05, 0) is 24.3 Å². The summed E-state index contributed by atoms with van der Waals surface area (Å²) in [7, 11) is 0. The molecule has 0 unspecified atom stereocenters. The second-order valence-corrected chi connectivity index (χ2v) is 7.19. The summed E-state index contributed by atoms with van der Waals surface area (Å²) in [5.74, 6) is -0.384. The summed E-state index contributed by atoms with van der Waals surface area (Å²) in [6, 6.07) is 8.92. The van der Waals surface area contributed by atoms with Crippen LogP contribution in [0.1, 0.15) is 5.56 Å². The molecule has 1 amide bonds. The predicted molar refractivity (Wildman–Crippen MR) is 107 cm³/mol. The maximum absolute atomic E-state index is 12.9. The van der Waals surface area contributed by atoms with Crippen LogP contribution in [-0.2, 0) is 11.0 Å². The van der Waals surface area contributed by atoms with Gasteiger partial charge in [0.25, 0.3) is 5.69 Å². The number of alkyl halides is 3. The van der Waals surface area contributed by atoms with Crippen molar-refractivity contribution in [3.63, 3.8) is 0 Å². The van der Waals surface area contributed by atoms with Crippen molar-refractivity contribution in [2.24, 2.45) is 0 Å². The minimum atomic E-state index is -4.40. The Labute approximate surface area is 175 Å². The highest BCUT2D eigenvalue weighted by molar-refractivity contribution is 6.33. The van der Waals surface area contributed by atoms with Crippen LogP contribution in [0.25, 0.3) is 0 Å². The number of halogens is 4. The number of nitro benzene ring substituents is 1. The lowest BCUT2D eigenvalue weighted by Crippen LogP contribution is -2.48. The Kier molecular flexibility index (Phi) is 6.47. The summed E-state index contributed by atoms with van der Waals surface area (Å²) in [6.45, 7) is 1.92. The predicted octanol–water partition coefficient (Wildman–Crippen LogP) is 4.03. The van der Waals surface area contributed by atoms with Gasteiger partial charge in [-0.15, -0.1) is 0 Å². The van der Waals surface area contributed by atoms with Crippen LogP contribution < -0.4 is 10.2 Å². The van der Waals surface area contributed by atoms with E-state index in [4.69, 9.17) is 11.6 Å². The number of carbonyl (C=O) groups excluding carboxylic acids is 1. The number of amides is 1. The summed E-state index contributed by atoms with van der Waals surface area (Å²) in [5, 5.41) is 13.6. The average molecular weight is 443 g/mol. The first-order chi connectivity index (χ1) is 14.1. The van der Waals surface area contributed by atoms with Gasteiger partial charge in [-0.2, -0.15) is 13.2 Å². The van der Waals surface area contributed by atoms with Gasteiger partial charge >= 0.3 is 6.18 Å². The van der Waals surface area contributed by atoms with E-state index in [-0.39, 0.29) is 28.8 Å². The summed E-state index contributed by atoms with van der Waals surface area (Å²) < 4.78 is 38.7. The quantitative estimate of drug-likeness (QED) is 0.558. The van der Waals surface area contributed by atoms with Crippen molar-refractivity contribution in [2.75, 3.05) is 42.9 Å². The highest BCUT2D eigenvalue weighted by Gasteiger charge is 2.31. The molecule has 0 atom stereocenters. The van der Waals surface area contributed by atoms with Crippen LogP contribution in [0.5, 0.6) is 0 Å². The Morgan fingerprint density at radius 3 is 2.47 bits per heavy atom. The third-order valence-corrected chi connectivity index (χ3v) is 5.04. The number of hydrogen-bond acceptors (Lipinski definition) is 5. The van der Waals surface area contributed by atoms with Crippen LogP contribution in [0, 0.1) is 10.1 Å². The second kappa shape index (κ2) is 8.88. The van der Waals surface area contributed by atoms with Crippen molar-refractivity contribution in [2.45, 2.75) is 6.18 Å². The number of nitrogens with one attached hydrogen (secondary N) is 1. The van der Waals surface area contributed by atoms with Gasteiger partial charge < -0.3 is 10.2 Å². The second-order valence-electron chi connectivity index (χ2n) is 6.78. The Morgan fingerprint density at radius 1 is 1.13 bits per heavy atom. The van der Waals surface area contributed by atoms with E-state index in [9.17, 15) is 28.1 Å². The summed E-state index contributed by atoms with van der Waals surface area (Å²) >= 11 is 5.98. The SMILES string of the molecule is O=C(CN1CCN(c2cccc(C(F)(F)F)c2)CC1)Nc1cc([N+](=O)[O-])ccc1Cl. The maximum atomic E-state index is 12.9. The Balaban J connectivity index is 1.56. The molecule has 3 rings (SSSR count). The third-order valence-electron chi connectivity index (χ3n) is 4.71. The number of anilines is 2. The fourth-order valence-corrected chi connectivity index (χ4v) is 3.32. The van der Waals surface area contributed by atoms with Crippen molar-refractivity contribution in [1.82, 2.24) is 4.90 Å². The molecule has 1 N–H and O–H groups in total. The number of carbonyl (C=O) groups is 1. The van der Waals surface area contributed by atoms with Gasteiger partial charge in [0.2, 0.25) is 5.91 Å². The lowest BCUT2D eigenvalue weighted by atomic mass is 10.1. The first-order valence-electron chi connectivity index (χ1n) is 9.02. The highest BCUT2D eigenvalue weighted by atomic mass is 35.5. The number of rotatable bonds is 5. The zero-order valence-corrected chi connectivity index (χ0v) is 16.4. The molecule has 0 radical (unpaired) electrons. The normalized spacial score (nSPS) is 15.1. The zero-order chi connectivity index (χ0) is 21.9. The van der Waals surface area contributed by atoms with E-state index in [1.807, 2.05) is 9.80 Å². The number of hydrogen-bond donors (Lipinski definition) is 1. The van der Waals surface area contributed by atoms with Crippen LogP contribution in [-0.4, -0.2) is 48.5 Å². The Morgan fingerprint density at radius 2 is 1.83 bits per heavy atom. The van der Waals surface area contributed by atoms with Crippen molar-refractivity contribution in [3.8, 4) is 0 Å². The fourth-order valence-electron chi connectivity index (χ4n) is 3.16. The van der Waals surface area contributed by atoms with Crippen LogP contribution in [0.4, 0.5) is 30.2 Å². The standard InChI is InChI=1S/C19H18ClF3N4O3/c20-16-5-4-15(27(29)30)11-17(16)24-18(28)12-25-6-8-26(9-7-25)14-3-1-2-13(10-14)19(21,22)23/h1-5,10-11H,6-9,12H2,(H,24,28). The Hall–Kier alpha value is -2.85. The van der Waals surface area contributed by atoms with Crippen molar-refractivity contribution < 1.29 is 22.9 Å². The van der Waals surface area contributed by atoms with Gasteiger partial charge in [-0.25, -0.2) is 0 Å². The summed E-state index contributed by atoms with van der Waals surface area (Å²) in [6.07, 6.45) is -4.40. The molecule has 160 valence electrons. The van der Waals surface area contributed by atoms with E-state index in [2.05, 4.69) is 5.32 Å². The average Bonchev–Trinajstić information content (AvgIpc) is 2.69. The van der Waals surface area contributed by atoms with Gasteiger partial charge in [0, 0.05) is 44.0 Å². The van der Waals surface area contributed by atoms with E-state index in [0.29, 0.717) is 31.9 Å². The molecule has 1 aliphatic heterocycles. The molecule has 1 aliphatic rings. The minimum absolute atomic E-state index is 0.0372. The lowest BCUT2D eigenvalue weighted by molar-refractivity contribution is -0.384. The fraction of sp³-hybridized carbons (Fsp3) is 0.316. The third kappa shape index (κ3) is 5.39. The molecule has 1 heterocycles. The number of nitrogens with zero attached hydrogens (tertiary/aromatic N) is 3. The van der Waals surface area contributed by atoms with Gasteiger partial charge in [0.15, 0.2) is 0 Å². The molecule has 0 aliphatic carbocycles. The minimum Gasteiger partial charge on any atom is -0.369 e. The van der Waals surface area contributed by atoms with E-state index < -0.39 is 16.7 Å². The Bertz CT molecular complexity index is 947. The molecule has 0 aromatic heterocycles. The van der Waals surface area contributed by atoms with Crippen molar-refractivity contribution in [3.05, 3.63) is 63.2 Å². The smallest absolute Gasteiger partial charge is 0.369 e. The molecule has 2 aromatic carbocycles. The molecule has 2 aromatic rings. The molecule has 0 saturated carbocycles. The van der Waals surface area contributed by atoms with Gasteiger partial charge in [0.1, 0.15) is 0 Å². The summed E-state index contributed by atoms with van der Waals surface area (Å²) in [5.41, 5.74) is -0.254. The molecular formula is C19H18ClF3N4O3. The molecular weight excluding hydrogens is 425 g/mol. The van der Waals surface area contributed by atoms with Crippen LogP contribution >= 0.6 is 11.6 Å².